The third-order valence-electron chi connectivity index (χ3n) is 15.1. The van der Waals surface area contributed by atoms with E-state index in [9.17, 15) is 55.1 Å². The summed E-state index contributed by atoms with van der Waals surface area (Å²) in [4.78, 5) is 107. The number of carbonyl (C=O) groups is 8. The molecular weight excluding hydrogens is 1190 g/mol. The summed E-state index contributed by atoms with van der Waals surface area (Å²) in [6, 6.07) is 17.0. The minimum atomic E-state index is -5.08. The summed E-state index contributed by atoms with van der Waals surface area (Å²) in [6.45, 7) is 13.8. The van der Waals surface area contributed by atoms with Crippen LogP contribution in [0, 0.1) is 11.8 Å². The Labute approximate surface area is 509 Å². The summed E-state index contributed by atoms with van der Waals surface area (Å²) >= 11 is 0. The Morgan fingerprint density at radius 1 is 0.764 bits per heavy atom. The number of aromatic nitrogens is 1. The molecule has 23 nitrogen and oxygen atoms in total. The number of carbonyl (C=O) groups excluding carboxylic acids is 6. The number of alkyl halides is 6. The van der Waals surface area contributed by atoms with Gasteiger partial charge in [-0.15, -0.1) is 0 Å². The van der Waals surface area contributed by atoms with Crippen molar-refractivity contribution in [3.8, 4) is 0 Å². The molecule has 4 amide bonds. The Hall–Kier alpha value is -7.05. The minimum Gasteiger partial charge on any atom is -0.475 e. The third kappa shape index (κ3) is 21.6. The standard InChI is InChI=1S/C56H76N6O13.2C2HF3O2/c1-54(2,3)61-52(68)41-28-35-20-11-12-21-36(35)30-62(41)31-42(70-45(64)23-15-16-24-46(65)71-48-47(43-32-69-55(4,5)73-43)72-53-49(48)74-56(6,7)75-53)39(27-33-17-9-8-10-18-33)59-51(67)40(29-44(57)63)60-50(66)38-26-25-34-19-13-14-22-37(34)58-38;2*3-2(4,5)1(6)7/h8-10,13-14,17-19,22,25-26,35-36,39-43,47-49,53H,11-12,15-16,20-21,23-24,27-32H2,1-7H3,(H2,57,63)(H,59,67)(H,60,66)(H,61,68);2*(H,6,7)/t35?,36?,39-,40-,41-,42+,43?,47+,48-,49-,53?;;/m0../s1. The number of fused-ring (bicyclic) bond motifs is 3. The minimum absolute atomic E-state index is 0.0234. The number of unbranched alkanes of at least 4 members (excludes halogenated alkanes) is 1. The van der Waals surface area contributed by atoms with Gasteiger partial charge in [0.25, 0.3) is 5.91 Å². The monoisotopic (exact) mass is 1270 g/mol. The van der Waals surface area contributed by atoms with E-state index < -0.39 is 132 Å². The summed E-state index contributed by atoms with van der Waals surface area (Å²) < 4.78 is 106. The molecule has 4 aliphatic heterocycles. The van der Waals surface area contributed by atoms with Crippen LogP contribution in [-0.4, -0.2) is 172 Å². The van der Waals surface area contributed by atoms with Crippen LogP contribution in [0.25, 0.3) is 10.9 Å². The van der Waals surface area contributed by atoms with Gasteiger partial charge in [-0.05, 0) is 110 Å². The highest BCUT2D eigenvalue weighted by Crippen LogP contribution is 2.43. The Balaban J connectivity index is 0.000000806. The molecule has 3 aromatic rings. The van der Waals surface area contributed by atoms with Gasteiger partial charge < -0.3 is 65.1 Å². The number of primary amides is 1. The SMILES string of the molecule is CC(C)(C)NC(=O)[C@@H]1CC2CCCCC2CN1C[C@@H](OC(=O)CCCCC(=O)O[C@H]1[C@@H](C2COC(C)(C)O2)OC2OC(C)(C)O[C@H]21)[C@H](Cc1ccccc1)NC(=O)[C@H](CC(N)=O)NC(=O)c1ccc2ccccc2n1.O=C(O)C(F)(F)F.O=C(O)C(F)(F)F. The molecular formula is C60H78F6N6O17. The number of likely N-dealkylation sites (tertiary alicyclic amines) is 1. The van der Waals surface area contributed by atoms with Crippen molar-refractivity contribution in [1.82, 2.24) is 25.8 Å². The van der Waals surface area contributed by atoms with Crippen LogP contribution >= 0.6 is 0 Å². The van der Waals surface area contributed by atoms with Crippen LogP contribution in [0.4, 0.5) is 26.3 Å². The van der Waals surface area contributed by atoms with Crippen molar-refractivity contribution in [3.05, 3.63) is 78.0 Å². The van der Waals surface area contributed by atoms with Crippen molar-refractivity contribution in [2.75, 3.05) is 19.7 Å². The largest absolute Gasteiger partial charge is 0.490 e. The van der Waals surface area contributed by atoms with Crippen LogP contribution in [0.2, 0.25) is 0 Å². The molecule has 0 bridgehead atoms. The molecule has 1 saturated carbocycles. The molecule has 5 fully saturated rings. The molecule has 4 unspecified atom stereocenters. The fourth-order valence-electron chi connectivity index (χ4n) is 11.2. The number of pyridine rings is 1. The molecule has 7 N–H and O–H groups in total. The van der Waals surface area contributed by atoms with Crippen molar-refractivity contribution in [2.24, 2.45) is 17.6 Å². The highest BCUT2D eigenvalue weighted by Gasteiger charge is 2.60. The van der Waals surface area contributed by atoms with Gasteiger partial charge in [-0.25, -0.2) is 14.6 Å². The first-order valence-corrected chi connectivity index (χ1v) is 29.1. The zero-order chi connectivity index (χ0) is 65.8. The predicted molar refractivity (Wildman–Crippen MR) is 301 cm³/mol. The smallest absolute Gasteiger partial charge is 0.475 e. The summed E-state index contributed by atoms with van der Waals surface area (Å²) in [5, 5.41) is 24.0. The Kier molecular flexibility index (Phi) is 24.1. The molecule has 2 aromatic carbocycles. The van der Waals surface area contributed by atoms with Gasteiger partial charge in [-0.1, -0.05) is 73.9 Å². The van der Waals surface area contributed by atoms with E-state index in [2.05, 4.69) is 25.8 Å². The Morgan fingerprint density at radius 3 is 1.97 bits per heavy atom. The molecule has 5 heterocycles. The third-order valence-corrected chi connectivity index (χ3v) is 15.1. The van der Waals surface area contributed by atoms with Gasteiger partial charge in [0.05, 0.1) is 30.6 Å². The molecule has 492 valence electrons. The first-order valence-electron chi connectivity index (χ1n) is 29.1. The van der Waals surface area contributed by atoms with E-state index in [-0.39, 0.29) is 56.9 Å². The van der Waals surface area contributed by atoms with Crippen LogP contribution in [-0.2, 0) is 73.1 Å². The number of nitrogens with two attached hydrogens (primary N) is 1. The van der Waals surface area contributed by atoms with Gasteiger partial charge in [0.1, 0.15) is 30.0 Å². The van der Waals surface area contributed by atoms with Gasteiger partial charge in [-0.3, -0.25) is 33.7 Å². The van der Waals surface area contributed by atoms with Crippen LogP contribution in [0.3, 0.4) is 0 Å². The molecule has 4 saturated heterocycles. The van der Waals surface area contributed by atoms with Gasteiger partial charge in [0.2, 0.25) is 17.7 Å². The number of hydrogen-bond donors (Lipinski definition) is 6. The number of nitrogens with one attached hydrogen (secondary N) is 3. The fraction of sp³-hybridized carbons (Fsp3) is 0.617. The van der Waals surface area contributed by atoms with Gasteiger partial charge in [0, 0.05) is 36.9 Å². The van der Waals surface area contributed by atoms with E-state index >= 15 is 0 Å². The number of halogens is 6. The van der Waals surface area contributed by atoms with E-state index in [1.807, 2.05) is 63.2 Å². The molecule has 5 aliphatic rings. The number of carboxylic acids is 2. The van der Waals surface area contributed by atoms with Gasteiger partial charge >= 0.3 is 36.2 Å². The van der Waals surface area contributed by atoms with Gasteiger partial charge in [-0.2, -0.15) is 26.3 Å². The van der Waals surface area contributed by atoms with E-state index in [0.717, 1.165) is 36.6 Å². The average Bonchev–Trinajstić information content (AvgIpc) is 1.66. The number of amides is 4. The van der Waals surface area contributed by atoms with E-state index in [0.29, 0.717) is 30.3 Å². The number of aliphatic carboxylic acids is 2. The summed E-state index contributed by atoms with van der Waals surface area (Å²) in [7, 11) is 0. The van der Waals surface area contributed by atoms with Gasteiger partial charge in [0.15, 0.2) is 30.1 Å². The zero-order valence-electron chi connectivity index (χ0n) is 50.4. The second-order valence-corrected chi connectivity index (χ2v) is 24.4. The number of nitrogens with zero attached hydrogens (tertiary/aromatic N) is 2. The lowest BCUT2D eigenvalue weighted by atomic mass is 9.72. The maximum Gasteiger partial charge on any atom is 0.490 e. The second kappa shape index (κ2) is 30.2. The fourth-order valence-corrected chi connectivity index (χ4v) is 11.2. The number of esters is 2. The highest BCUT2D eigenvalue weighted by atomic mass is 19.4. The highest BCUT2D eigenvalue weighted by molar-refractivity contribution is 5.99. The Morgan fingerprint density at radius 2 is 1.37 bits per heavy atom. The zero-order valence-corrected chi connectivity index (χ0v) is 50.4. The maximum atomic E-state index is 14.6. The lowest BCUT2D eigenvalue weighted by molar-refractivity contribution is -0.235. The first-order chi connectivity index (χ1) is 41.5. The molecule has 89 heavy (non-hydrogen) atoms. The van der Waals surface area contributed by atoms with Crippen LogP contribution < -0.4 is 21.7 Å². The average molecular weight is 1270 g/mol. The molecule has 1 aromatic heterocycles. The number of rotatable bonds is 20. The number of para-hydroxylation sites is 1. The van der Waals surface area contributed by atoms with Crippen molar-refractivity contribution in [3.63, 3.8) is 0 Å². The van der Waals surface area contributed by atoms with E-state index in [1.54, 1.807) is 45.9 Å². The lowest BCUT2D eigenvalue weighted by Crippen LogP contribution is -2.61. The number of carboxylic acid groups (broad SMARTS) is 2. The number of piperidine rings is 1. The number of ether oxygens (including phenoxy) is 7. The van der Waals surface area contributed by atoms with E-state index in [1.165, 1.54) is 6.07 Å². The van der Waals surface area contributed by atoms with Crippen LogP contribution in [0.15, 0.2) is 66.7 Å². The van der Waals surface area contributed by atoms with Crippen molar-refractivity contribution >= 4 is 58.4 Å². The van der Waals surface area contributed by atoms with Crippen LogP contribution in [0.5, 0.6) is 0 Å². The lowest BCUT2D eigenvalue weighted by Gasteiger charge is -2.47. The molecule has 0 spiro atoms. The second-order valence-electron chi connectivity index (χ2n) is 24.4. The molecule has 1 aliphatic carbocycles. The normalized spacial score (nSPS) is 24.7. The molecule has 29 heteroatoms. The Bertz CT molecular complexity index is 2940. The molecule has 8 rings (SSSR count). The summed E-state index contributed by atoms with van der Waals surface area (Å²) in [5.41, 5.74) is 6.59. The van der Waals surface area contributed by atoms with Crippen molar-refractivity contribution in [1.29, 1.82) is 0 Å². The first kappa shape index (κ1) is 71.0. The molecule has 0 radical (unpaired) electrons. The number of hydrogen-bond acceptors (Lipinski definition) is 17. The van der Waals surface area contributed by atoms with Crippen molar-refractivity contribution < 1.29 is 108 Å². The number of benzene rings is 2. The predicted octanol–water partition coefficient (Wildman–Crippen LogP) is 6.41. The topological polar surface area (TPSA) is 320 Å². The van der Waals surface area contributed by atoms with E-state index in [4.69, 9.17) is 58.7 Å². The van der Waals surface area contributed by atoms with Crippen molar-refractivity contribution in [2.45, 2.75) is 203 Å². The summed E-state index contributed by atoms with van der Waals surface area (Å²) in [5.74, 6) is -10.1. The van der Waals surface area contributed by atoms with Crippen LogP contribution in [0.1, 0.15) is 129 Å². The quantitative estimate of drug-likeness (QED) is 0.0404. The molecule has 11 atom stereocenters. The maximum absolute atomic E-state index is 14.6. The summed E-state index contributed by atoms with van der Waals surface area (Å²) in [6.07, 6.45) is -9.85.